The lowest BCUT2D eigenvalue weighted by Crippen LogP contribution is -2.45. The van der Waals surface area contributed by atoms with E-state index in [1.165, 1.54) is 11.1 Å². The number of rotatable bonds is 13. The fraction of sp³-hybridized carbons (Fsp3) is 0.341. The minimum atomic E-state index is -0.0588. The number of methoxy groups -OCH3 is 1. The summed E-state index contributed by atoms with van der Waals surface area (Å²) in [6, 6.07) is 34.8. The molecule has 0 spiro atoms. The largest absolute Gasteiger partial charge is 0.494 e. The zero-order valence-corrected chi connectivity index (χ0v) is 30.6. The number of piperidine rings is 2. The summed E-state index contributed by atoms with van der Waals surface area (Å²) in [5.74, 6) is 0.591. The van der Waals surface area contributed by atoms with Gasteiger partial charge in [-0.15, -0.1) is 0 Å². The summed E-state index contributed by atoms with van der Waals surface area (Å²) in [5.41, 5.74) is 6.43. The standard InChI is InChI=1S/C44H50N6O3/c1-53-40-14-8-13-39-42(35(30-45-43(39)40)29-41(51)46-37-20-25-49(26-21-37)24-19-32-9-4-2-5-10-32)47-36-17-15-34(16-18-36)44(52)48-38-22-27-50(28-23-38)31-33-11-6-3-7-12-33/h2-18,30,37-38H,19-29,31H2,1H3,(H,45,47)(H,46,51)(H,48,52). The van der Waals surface area contributed by atoms with Crippen LogP contribution in [-0.2, 0) is 24.2 Å². The molecule has 2 fully saturated rings. The van der Waals surface area contributed by atoms with Gasteiger partial charge in [-0.3, -0.25) is 19.5 Å². The van der Waals surface area contributed by atoms with Gasteiger partial charge >= 0.3 is 0 Å². The Bertz CT molecular complexity index is 1960. The predicted molar refractivity (Wildman–Crippen MR) is 212 cm³/mol. The van der Waals surface area contributed by atoms with E-state index in [-0.39, 0.29) is 30.3 Å². The van der Waals surface area contributed by atoms with Crippen molar-refractivity contribution in [2.75, 3.05) is 45.2 Å². The Balaban J connectivity index is 0.957. The van der Waals surface area contributed by atoms with Crippen LogP contribution in [0.25, 0.3) is 10.9 Å². The van der Waals surface area contributed by atoms with Gasteiger partial charge in [0.2, 0.25) is 5.91 Å². The van der Waals surface area contributed by atoms with Crippen LogP contribution < -0.4 is 20.7 Å². The summed E-state index contributed by atoms with van der Waals surface area (Å²) in [6.07, 6.45) is 6.74. The number of carbonyl (C=O) groups is 2. The summed E-state index contributed by atoms with van der Waals surface area (Å²) in [7, 11) is 1.63. The van der Waals surface area contributed by atoms with E-state index >= 15 is 0 Å². The van der Waals surface area contributed by atoms with Gasteiger partial charge in [0.1, 0.15) is 11.3 Å². The van der Waals surface area contributed by atoms with Crippen molar-refractivity contribution in [3.63, 3.8) is 0 Å². The molecule has 0 atom stereocenters. The number of pyridine rings is 1. The second kappa shape index (κ2) is 17.5. The molecule has 274 valence electrons. The molecular weight excluding hydrogens is 661 g/mol. The third kappa shape index (κ3) is 9.60. The number of nitrogens with one attached hydrogen (secondary N) is 3. The summed E-state index contributed by atoms with van der Waals surface area (Å²) in [4.78, 5) is 36.4. The van der Waals surface area contributed by atoms with Crippen molar-refractivity contribution in [2.45, 2.75) is 57.2 Å². The van der Waals surface area contributed by atoms with Gasteiger partial charge in [-0.05, 0) is 73.6 Å². The van der Waals surface area contributed by atoms with Crippen LogP contribution in [0.2, 0.25) is 0 Å². The first-order valence-electron chi connectivity index (χ1n) is 18.9. The molecule has 2 amide bonds. The Morgan fingerprint density at radius 2 is 1.38 bits per heavy atom. The molecule has 9 nitrogen and oxygen atoms in total. The second-order valence-corrected chi connectivity index (χ2v) is 14.3. The maximum atomic E-state index is 13.5. The zero-order valence-electron chi connectivity index (χ0n) is 30.6. The highest BCUT2D eigenvalue weighted by Crippen LogP contribution is 2.34. The van der Waals surface area contributed by atoms with E-state index in [2.05, 4.69) is 80.3 Å². The Kier molecular flexibility index (Phi) is 11.9. The fourth-order valence-corrected chi connectivity index (χ4v) is 7.56. The number of aromatic nitrogens is 1. The highest BCUT2D eigenvalue weighted by atomic mass is 16.5. The lowest BCUT2D eigenvalue weighted by molar-refractivity contribution is -0.121. The lowest BCUT2D eigenvalue weighted by atomic mass is 10.0. The molecule has 1 aromatic heterocycles. The minimum Gasteiger partial charge on any atom is -0.494 e. The number of likely N-dealkylation sites (tertiary alicyclic amines) is 2. The summed E-state index contributed by atoms with van der Waals surface area (Å²) in [5, 5.41) is 11.0. The minimum absolute atomic E-state index is 0.0160. The second-order valence-electron chi connectivity index (χ2n) is 14.3. The molecule has 0 unspecified atom stereocenters. The SMILES string of the molecule is COc1cccc2c(Nc3ccc(C(=O)NC4CCN(Cc5ccccc5)CC4)cc3)c(CC(=O)NC3CCN(CCc4ccccc4)CC3)cnc12. The van der Waals surface area contributed by atoms with Crippen molar-refractivity contribution in [3.8, 4) is 5.75 Å². The van der Waals surface area contributed by atoms with Crippen molar-refractivity contribution < 1.29 is 14.3 Å². The van der Waals surface area contributed by atoms with Crippen LogP contribution in [0.4, 0.5) is 11.4 Å². The average molecular weight is 711 g/mol. The first-order valence-corrected chi connectivity index (χ1v) is 18.9. The van der Waals surface area contributed by atoms with Gasteiger partial charge in [-0.25, -0.2) is 0 Å². The molecule has 4 aromatic carbocycles. The van der Waals surface area contributed by atoms with Crippen LogP contribution in [-0.4, -0.2) is 78.5 Å². The van der Waals surface area contributed by atoms with Gasteiger partial charge in [0.05, 0.1) is 19.2 Å². The van der Waals surface area contributed by atoms with Crippen molar-refractivity contribution in [1.82, 2.24) is 25.4 Å². The number of benzene rings is 4. The number of fused-ring (bicyclic) bond motifs is 1. The molecule has 2 aliphatic rings. The molecule has 0 aliphatic carbocycles. The highest BCUT2D eigenvalue weighted by molar-refractivity contribution is 5.99. The Morgan fingerprint density at radius 1 is 0.736 bits per heavy atom. The number of ether oxygens (including phenoxy) is 1. The van der Waals surface area contributed by atoms with Crippen molar-refractivity contribution in [1.29, 1.82) is 0 Å². The van der Waals surface area contributed by atoms with Crippen LogP contribution in [0.1, 0.15) is 52.7 Å². The molecule has 0 bridgehead atoms. The monoisotopic (exact) mass is 710 g/mol. The molecule has 0 saturated carbocycles. The quantitative estimate of drug-likeness (QED) is 0.124. The average Bonchev–Trinajstić information content (AvgIpc) is 3.20. The first kappa shape index (κ1) is 36.1. The maximum Gasteiger partial charge on any atom is 0.251 e. The van der Waals surface area contributed by atoms with Crippen molar-refractivity contribution in [3.05, 3.63) is 132 Å². The maximum absolute atomic E-state index is 13.5. The topological polar surface area (TPSA) is 98.8 Å². The van der Waals surface area contributed by atoms with Gasteiger partial charge in [0, 0.05) is 79.7 Å². The smallest absolute Gasteiger partial charge is 0.251 e. The lowest BCUT2D eigenvalue weighted by Gasteiger charge is -2.32. The molecule has 9 heteroatoms. The number of nitrogens with zero attached hydrogens (tertiary/aromatic N) is 3. The molecule has 5 aromatic rings. The van der Waals surface area contributed by atoms with Gasteiger partial charge < -0.3 is 25.6 Å². The molecule has 3 heterocycles. The molecule has 2 aliphatic heterocycles. The van der Waals surface area contributed by atoms with Crippen LogP contribution in [0, 0.1) is 0 Å². The number of carbonyl (C=O) groups excluding carboxylic acids is 2. The predicted octanol–water partition coefficient (Wildman–Crippen LogP) is 6.75. The molecule has 0 radical (unpaired) electrons. The van der Waals surface area contributed by atoms with E-state index in [0.717, 1.165) is 99.2 Å². The third-order valence-corrected chi connectivity index (χ3v) is 10.6. The van der Waals surface area contributed by atoms with Crippen LogP contribution in [0.15, 0.2) is 109 Å². The van der Waals surface area contributed by atoms with E-state index < -0.39 is 0 Å². The van der Waals surface area contributed by atoms with E-state index in [0.29, 0.717) is 11.3 Å². The molecule has 3 N–H and O–H groups in total. The normalized spacial score (nSPS) is 15.9. The van der Waals surface area contributed by atoms with E-state index in [1.807, 2.05) is 48.5 Å². The Hall–Kier alpha value is -5.25. The van der Waals surface area contributed by atoms with E-state index in [9.17, 15) is 9.59 Å². The van der Waals surface area contributed by atoms with Crippen LogP contribution in [0.5, 0.6) is 5.75 Å². The zero-order chi connectivity index (χ0) is 36.4. The number of hydrogen-bond acceptors (Lipinski definition) is 7. The Morgan fingerprint density at radius 3 is 2.06 bits per heavy atom. The molecular formula is C44H50N6O3. The van der Waals surface area contributed by atoms with Crippen LogP contribution in [0.3, 0.4) is 0 Å². The molecule has 7 rings (SSSR count). The first-order chi connectivity index (χ1) is 26.0. The summed E-state index contributed by atoms with van der Waals surface area (Å²) < 4.78 is 5.62. The summed E-state index contributed by atoms with van der Waals surface area (Å²) in [6.45, 7) is 5.85. The van der Waals surface area contributed by atoms with Crippen LogP contribution >= 0.6 is 0 Å². The van der Waals surface area contributed by atoms with Gasteiger partial charge in [0.25, 0.3) is 5.91 Å². The van der Waals surface area contributed by atoms with Gasteiger partial charge in [0.15, 0.2) is 0 Å². The fourth-order valence-electron chi connectivity index (χ4n) is 7.56. The number of para-hydroxylation sites is 1. The van der Waals surface area contributed by atoms with E-state index in [1.54, 1.807) is 13.3 Å². The van der Waals surface area contributed by atoms with Gasteiger partial charge in [-0.1, -0.05) is 72.8 Å². The van der Waals surface area contributed by atoms with Crippen molar-refractivity contribution >= 4 is 34.1 Å². The molecule has 2 saturated heterocycles. The molecule has 53 heavy (non-hydrogen) atoms. The summed E-state index contributed by atoms with van der Waals surface area (Å²) >= 11 is 0. The Labute approximate surface area is 312 Å². The highest BCUT2D eigenvalue weighted by Gasteiger charge is 2.23. The number of amides is 2. The third-order valence-electron chi connectivity index (χ3n) is 10.6. The number of anilines is 2. The van der Waals surface area contributed by atoms with E-state index in [4.69, 9.17) is 9.72 Å². The number of hydrogen-bond donors (Lipinski definition) is 3. The van der Waals surface area contributed by atoms with Crippen molar-refractivity contribution in [2.24, 2.45) is 0 Å². The van der Waals surface area contributed by atoms with Gasteiger partial charge in [-0.2, -0.15) is 0 Å².